The van der Waals surface area contributed by atoms with Gasteiger partial charge in [0.05, 0.1) is 18.9 Å². The molecule has 0 radical (unpaired) electrons. The second-order valence-electron chi connectivity index (χ2n) is 9.70. The lowest BCUT2D eigenvalue weighted by Gasteiger charge is -2.43. The van der Waals surface area contributed by atoms with Gasteiger partial charge in [0.15, 0.2) is 0 Å². The van der Waals surface area contributed by atoms with E-state index in [2.05, 4.69) is 5.32 Å². The molecule has 0 bridgehead atoms. The van der Waals surface area contributed by atoms with Gasteiger partial charge in [-0.25, -0.2) is 0 Å². The summed E-state index contributed by atoms with van der Waals surface area (Å²) in [5.41, 5.74) is 2.78. The maximum absolute atomic E-state index is 14.2. The van der Waals surface area contributed by atoms with E-state index in [0.717, 1.165) is 49.8 Å². The Morgan fingerprint density at radius 3 is 2.10 bits per heavy atom. The summed E-state index contributed by atoms with van der Waals surface area (Å²) in [7, 11) is 0. The fourth-order valence-corrected chi connectivity index (χ4v) is 4.89. The lowest BCUT2D eigenvalue weighted by Crippen LogP contribution is -2.64. The molecule has 7 heteroatoms. The third kappa shape index (κ3) is 7.33. The minimum atomic E-state index is -1.37. The van der Waals surface area contributed by atoms with Crippen molar-refractivity contribution >= 4 is 23.5 Å². The summed E-state index contributed by atoms with van der Waals surface area (Å²) in [6.07, 6.45) is 5.19. The summed E-state index contributed by atoms with van der Waals surface area (Å²) in [6, 6.07) is 25.9. The van der Waals surface area contributed by atoms with Crippen LogP contribution in [0.2, 0.25) is 0 Å². The van der Waals surface area contributed by atoms with E-state index in [4.69, 9.17) is 9.47 Å². The summed E-state index contributed by atoms with van der Waals surface area (Å²) in [6.45, 7) is 2.16. The van der Waals surface area contributed by atoms with Crippen LogP contribution in [0.3, 0.4) is 0 Å². The van der Waals surface area contributed by atoms with E-state index in [1.165, 1.54) is 6.92 Å². The average molecular weight is 529 g/mol. The minimum Gasteiger partial charge on any atom is -0.466 e. The number of esters is 1. The van der Waals surface area contributed by atoms with E-state index in [1.54, 1.807) is 29.2 Å². The fraction of sp³-hybridized carbons (Fsp3) is 0.344. The van der Waals surface area contributed by atoms with Crippen molar-refractivity contribution in [3.8, 4) is 0 Å². The van der Waals surface area contributed by atoms with Crippen LogP contribution in [-0.2, 0) is 20.7 Å². The number of para-hydroxylation sites is 1. The molecular formula is C32H36N2O5. The molecule has 2 amide bonds. The first-order valence-corrected chi connectivity index (χ1v) is 13.6. The quantitative estimate of drug-likeness (QED) is 0.190. The van der Waals surface area contributed by atoms with Crippen molar-refractivity contribution in [3.63, 3.8) is 0 Å². The Balaban J connectivity index is 1.63. The maximum Gasteiger partial charge on any atom is 0.302 e. The van der Waals surface area contributed by atoms with Gasteiger partial charge >= 0.3 is 5.97 Å². The first kappa shape index (κ1) is 28.0. The second-order valence-corrected chi connectivity index (χ2v) is 9.70. The molecule has 1 N–H and O–H groups in total. The van der Waals surface area contributed by atoms with Gasteiger partial charge in [-0.1, -0.05) is 61.0 Å². The molecule has 39 heavy (non-hydrogen) atoms. The van der Waals surface area contributed by atoms with E-state index in [9.17, 15) is 14.4 Å². The molecule has 1 heterocycles. The number of unbranched alkanes of at least 4 members (excludes halogenated alkanes) is 3. The zero-order valence-electron chi connectivity index (χ0n) is 22.4. The van der Waals surface area contributed by atoms with Crippen LogP contribution >= 0.6 is 0 Å². The molecule has 0 spiro atoms. The Kier molecular flexibility index (Phi) is 9.86. The lowest BCUT2D eigenvalue weighted by molar-refractivity contribution is -0.141. The molecule has 3 aromatic rings. The molecule has 4 rings (SSSR count). The molecular weight excluding hydrogens is 492 g/mol. The Hall–Kier alpha value is -3.97. The third-order valence-electron chi connectivity index (χ3n) is 6.81. The van der Waals surface area contributed by atoms with Crippen LogP contribution < -0.4 is 10.2 Å². The van der Waals surface area contributed by atoms with E-state index >= 15 is 0 Å². The second kappa shape index (κ2) is 13.7. The van der Waals surface area contributed by atoms with Gasteiger partial charge in [-0.3, -0.25) is 19.3 Å². The van der Waals surface area contributed by atoms with Crippen LogP contribution in [0.5, 0.6) is 0 Å². The predicted molar refractivity (Wildman–Crippen MR) is 150 cm³/mol. The fourth-order valence-electron chi connectivity index (χ4n) is 4.89. The number of rotatable bonds is 11. The van der Waals surface area contributed by atoms with Crippen molar-refractivity contribution in [2.75, 3.05) is 18.1 Å². The Morgan fingerprint density at radius 2 is 1.41 bits per heavy atom. The highest BCUT2D eigenvalue weighted by Crippen LogP contribution is 2.37. The van der Waals surface area contributed by atoms with Crippen molar-refractivity contribution in [2.45, 2.75) is 57.7 Å². The maximum atomic E-state index is 14.2. The molecule has 3 aromatic carbocycles. The van der Waals surface area contributed by atoms with E-state index in [0.29, 0.717) is 30.8 Å². The molecule has 0 saturated heterocycles. The molecule has 0 saturated carbocycles. The van der Waals surface area contributed by atoms with Gasteiger partial charge in [0.25, 0.3) is 11.8 Å². The minimum absolute atomic E-state index is 0.236. The van der Waals surface area contributed by atoms with E-state index < -0.39 is 5.85 Å². The van der Waals surface area contributed by atoms with Crippen molar-refractivity contribution in [2.24, 2.45) is 0 Å². The lowest BCUT2D eigenvalue weighted by atomic mass is 10.1. The van der Waals surface area contributed by atoms with Gasteiger partial charge in [0.2, 0.25) is 5.85 Å². The Bertz CT molecular complexity index is 1250. The van der Waals surface area contributed by atoms with Crippen molar-refractivity contribution in [1.82, 2.24) is 5.32 Å². The highest BCUT2D eigenvalue weighted by Gasteiger charge is 2.45. The van der Waals surface area contributed by atoms with Gasteiger partial charge in [0.1, 0.15) is 0 Å². The smallest absolute Gasteiger partial charge is 0.302 e. The number of nitrogens with one attached hydrogen (secondary N) is 1. The van der Waals surface area contributed by atoms with Crippen LogP contribution in [0.1, 0.15) is 71.7 Å². The Labute approximate surface area is 230 Å². The van der Waals surface area contributed by atoms with E-state index in [1.807, 2.05) is 60.7 Å². The molecule has 204 valence electrons. The first-order chi connectivity index (χ1) is 19.0. The number of carbonyl (C=O) groups excluding carboxylic acids is 3. The summed E-state index contributed by atoms with van der Waals surface area (Å²) >= 11 is 0. The summed E-state index contributed by atoms with van der Waals surface area (Å²) < 4.78 is 11.6. The van der Waals surface area contributed by atoms with Gasteiger partial charge < -0.3 is 14.8 Å². The number of nitrogens with zero attached hydrogens (tertiary/aromatic N) is 1. The normalized spacial score (nSPS) is 16.6. The number of hydrogen-bond donors (Lipinski definition) is 1. The van der Waals surface area contributed by atoms with Crippen molar-refractivity contribution in [3.05, 3.63) is 102 Å². The monoisotopic (exact) mass is 528 g/mol. The van der Waals surface area contributed by atoms with E-state index in [-0.39, 0.29) is 17.8 Å². The number of hydrogen-bond acceptors (Lipinski definition) is 5. The number of carbonyl (C=O) groups is 3. The zero-order valence-corrected chi connectivity index (χ0v) is 22.4. The number of ether oxygens (including phenoxy) is 2. The molecule has 1 atom stereocenters. The third-order valence-corrected chi connectivity index (χ3v) is 6.81. The zero-order chi connectivity index (χ0) is 27.5. The highest BCUT2D eigenvalue weighted by atomic mass is 16.5. The predicted octanol–water partition coefficient (Wildman–Crippen LogP) is 5.89. The molecule has 0 fully saturated rings. The van der Waals surface area contributed by atoms with Gasteiger partial charge in [0, 0.05) is 24.5 Å². The summed E-state index contributed by atoms with van der Waals surface area (Å²) in [4.78, 5) is 40.3. The first-order valence-electron chi connectivity index (χ1n) is 13.6. The number of fused-ring (bicyclic) bond motifs is 1. The molecule has 0 aliphatic carbocycles. The highest BCUT2D eigenvalue weighted by molar-refractivity contribution is 6.08. The number of amides is 2. The SMILES string of the molecule is CC(=O)OCCCCCCOC1(NC(=O)c2ccccc2)CCCc2ccccc2N1C(=O)c1ccccc1. The molecule has 1 aliphatic rings. The van der Waals surface area contributed by atoms with Crippen LogP contribution in [0.25, 0.3) is 0 Å². The Morgan fingerprint density at radius 1 is 0.795 bits per heavy atom. The molecule has 0 aromatic heterocycles. The largest absolute Gasteiger partial charge is 0.466 e. The summed E-state index contributed by atoms with van der Waals surface area (Å²) in [5.74, 6) is -2.18. The van der Waals surface area contributed by atoms with Crippen LogP contribution in [0.4, 0.5) is 5.69 Å². The average Bonchev–Trinajstić information content (AvgIpc) is 3.11. The van der Waals surface area contributed by atoms with Crippen LogP contribution in [-0.4, -0.2) is 36.8 Å². The number of anilines is 1. The van der Waals surface area contributed by atoms with Crippen molar-refractivity contribution in [1.29, 1.82) is 0 Å². The summed E-state index contributed by atoms with van der Waals surface area (Å²) in [5, 5.41) is 3.14. The van der Waals surface area contributed by atoms with Crippen LogP contribution in [0, 0.1) is 0 Å². The molecule has 7 nitrogen and oxygen atoms in total. The van der Waals surface area contributed by atoms with Crippen LogP contribution in [0.15, 0.2) is 84.9 Å². The van der Waals surface area contributed by atoms with Gasteiger partial charge in [-0.05, 0) is 68.0 Å². The molecule has 1 aliphatic heterocycles. The molecule has 1 unspecified atom stereocenters. The standard InChI is InChI=1S/C32H36N2O5/c1-25(35)38-23-12-2-3-13-24-39-32(33-30(36)27-16-6-4-7-17-27)22-14-20-26-15-10-11-21-29(26)34(32)31(37)28-18-8-5-9-19-28/h4-11,15-19,21H,2-3,12-14,20,22-24H2,1H3,(H,33,36). The van der Waals surface area contributed by atoms with Crippen molar-refractivity contribution < 1.29 is 23.9 Å². The number of benzene rings is 3. The van der Waals surface area contributed by atoms with Gasteiger partial charge in [-0.15, -0.1) is 0 Å². The van der Waals surface area contributed by atoms with Gasteiger partial charge in [-0.2, -0.15) is 0 Å². The number of aryl methyl sites for hydroxylation is 1. The topological polar surface area (TPSA) is 84.9 Å².